The van der Waals surface area contributed by atoms with Crippen molar-refractivity contribution < 1.29 is 14.3 Å². The number of halogens is 2. The molecule has 0 fully saturated rings. The molecular weight excluding hydrogens is 406 g/mol. The van der Waals surface area contributed by atoms with Gasteiger partial charge in [-0.3, -0.25) is 4.79 Å². The molecule has 2 aromatic carbocycles. The summed E-state index contributed by atoms with van der Waals surface area (Å²) in [7, 11) is 2.90. The van der Waals surface area contributed by atoms with Crippen molar-refractivity contribution in [1.82, 2.24) is 4.98 Å². The summed E-state index contributed by atoms with van der Waals surface area (Å²) >= 11 is 9.53. The largest absolute Gasteiger partial charge is 0.481 e. The Morgan fingerprint density at radius 2 is 1.88 bits per heavy atom. The van der Waals surface area contributed by atoms with Crippen LogP contribution in [0.5, 0.6) is 5.88 Å². The highest BCUT2D eigenvalue weighted by Gasteiger charge is 2.20. The van der Waals surface area contributed by atoms with E-state index in [9.17, 15) is 4.79 Å². The van der Waals surface area contributed by atoms with Gasteiger partial charge in [0.05, 0.1) is 26.2 Å². The van der Waals surface area contributed by atoms with Crippen molar-refractivity contribution in [1.29, 1.82) is 0 Å². The van der Waals surface area contributed by atoms with Crippen molar-refractivity contribution in [2.24, 2.45) is 0 Å². The molecule has 0 radical (unpaired) electrons. The van der Waals surface area contributed by atoms with Gasteiger partial charge in [0.1, 0.15) is 0 Å². The van der Waals surface area contributed by atoms with Gasteiger partial charge in [0.2, 0.25) is 5.88 Å². The van der Waals surface area contributed by atoms with Crippen LogP contribution in [0.25, 0.3) is 22.0 Å². The first-order chi connectivity index (χ1) is 12.0. The molecule has 128 valence electrons. The van der Waals surface area contributed by atoms with E-state index in [0.717, 1.165) is 26.5 Å². The molecule has 0 aliphatic carbocycles. The lowest BCUT2D eigenvalue weighted by atomic mass is 9.94. The minimum Gasteiger partial charge on any atom is -0.481 e. The molecule has 25 heavy (non-hydrogen) atoms. The van der Waals surface area contributed by atoms with E-state index in [-0.39, 0.29) is 12.4 Å². The highest BCUT2D eigenvalue weighted by Crippen LogP contribution is 2.38. The third-order valence-corrected chi connectivity index (χ3v) is 4.63. The average Bonchev–Trinajstić information content (AvgIpc) is 2.62. The number of nitrogens with zero attached hydrogens (tertiary/aromatic N) is 1. The summed E-state index contributed by atoms with van der Waals surface area (Å²) in [5, 5.41) is 1.56. The third kappa shape index (κ3) is 3.62. The fourth-order valence-corrected chi connectivity index (χ4v) is 3.24. The first kappa shape index (κ1) is 17.7. The number of hydrogen-bond acceptors (Lipinski definition) is 4. The number of benzene rings is 2. The molecule has 1 aromatic heterocycles. The van der Waals surface area contributed by atoms with Crippen LogP contribution in [-0.2, 0) is 16.0 Å². The molecule has 0 aliphatic heterocycles. The van der Waals surface area contributed by atoms with Gasteiger partial charge >= 0.3 is 5.97 Å². The maximum Gasteiger partial charge on any atom is 0.310 e. The molecule has 0 amide bonds. The summed E-state index contributed by atoms with van der Waals surface area (Å²) in [5.41, 5.74) is 3.26. The number of pyridine rings is 1. The predicted octanol–water partition coefficient (Wildman–Crippen LogP) is 5.04. The van der Waals surface area contributed by atoms with Gasteiger partial charge in [-0.1, -0.05) is 39.7 Å². The Balaban J connectivity index is 2.37. The van der Waals surface area contributed by atoms with E-state index >= 15 is 0 Å². The van der Waals surface area contributed by atoms with Gasteiger partial charge in [-0.15, -0.1) is 0 Å². The number of ether oxygens (including phenoxy) is 2. The fraction of sp³-hybridized carbons (Fsp3) is 0.158. The molecule has 0 saturated carbocycles. The Kier molecular flexibility index (Phi) is 5.25. The predicted molar refractivity (Wildman–Crippen MR) is 102 cm³/mol. The number of rotatable bonds is 4. The Morgan fingerprint density at radius 3 is 2.52 bits per heavy atom. The van der Waals surface area contributed by atoms with E-state index in [1.807, 2.05) is 42.5 Å². The lowest BCUT2D eigenvalue weighted by Gasteiger charge is -2.16. The maximum atomic E-state index is 12.0. The minimum atomic E-state index is -0.357. The molecule has 4 nitrogen and oxygen atoms in total. The first-order valence-electron chi connectivity index (χ1n) is 7.52. The second-order valence-corrected chi connectivity index (χ2v) is 6.75. The van der Waals surface area contributed by atoms with Gasteiger partial charge in [-0.05, 0) is 35.9 Å². The summed E-state index contributed by atoms with van der Waals surface area (Å²) in [6, 6.07) is 13.3. The maximum absolute atomic E-state index is 12.0. The normalized spacial score (nSPS) is 10.7. The highest BCUT2D eigenvalue weighted by molar-refractivity contribution is 9.10. The Hall–Kier alpha value is -2.11. The highest BCUT2D eigenvalue weighted by atomic mass is 79.9. The van der Waals surface area contributed by atoms with E-state index in [4.69, 9.17) is 21.1 Å². The Bertz CT molecular complexity index is 942. The molecule has 1 heterocycles. The van der Waals surface area contributed by atoms with Gasteiger partial charge in [0, 0.05) is 26.0 Å². The first-order valence-corrected chi connectivity index (χ1v) is 8.69. The van der Waals surface area contributed by atoms with Crippen LogP contribution >= 0.6 is 27.5 Å². The Labute approximate surface area is 158 Å². The SMILES string of the molecule is COC(=O)Cc1c(OC)nc2ccc(Br)cc2c1-c1ccc(Cl)cc1. The van der Waals surface area contributed by atoms with Gasteiger partial charge in [-0.2, -0.15) is 0 Å². The lowest BCUT2D eigenvalue weighted by Crippen LogP contribution is -2.09. The smallest absolute Gasteiger partial charge is 0.310 e. The number of aromatic nitrogens is 1. The number of fused-ring (bicyclic) bond motifs is 1. The van der Waals surface area contributed by atoms with E-state index in [2.05, 4.69) is 20.9 Å². The van der Waals surface area contributed by atoms with E-state index in [0.29, 0.717) is 16.5 Å². The van der Waals surface area contributed by atoms with Crippen LogP contribution in [0.4, 0.5) is 0 Å². The van der Waals surface area contributed by atoms with Gasteiger partial charge < -0.3 is 9.47 Å². The molecule has 3 aromatic rings. The zero-order chi connectivity index (χ0) is 18.0. The third-order valence-electron chi connectivity index (χ3n) is 3.88. The van der Waals surface area contributed by atoms with Crippen LogP contribution in [0.1, 0.15) is 5.56 Å². The monoisotopic (exact) mass is 419 g/mol. The standard InChI is InChI=1S/C19H15BrClNO3/c1-24-17(23)10-15-18(11-3-6-13(21)7-4-11)14-9-12(20)5-8-16(14)22-19(15)25-2/h3-9H,10H2,1-2H3. The van der Waals surface area contributed by atoms with Crippen LogP contribution < -0.4 is 4.74 Å². The second-order valence-electron chi connectivity index (χ2n) is 5.40. The van der Waals surface area contributed by atoms with E-state index in [1.165, 1.54) is 7.11 Å². The van der Waals surface area contributed by atoms with Gasteiger partial charge in [-0.25, -0.2) is 4.98 Å². The molecule has 6 heteroatoms. The van der Waals surface area contributed by atoms with Crippen LogP contribution in [0.15, 0.2) is 46.9 Å². The molecule has 0 unspecified atom stereocenters. The van der Waals surface area contributed by atoms with E-state index in [1.54, 1.807) is 7.11 Å². The van der Waals surface area contributed by atoms with Crippen LogP contribution in [0.3, 0.4) is 0 Å². The Morgan fingerprint density at radius 1 is 1.16 bits per heavy atom. The number of carbonyl (C=O) groups excluding carboxylic acids is 1. The van der Waals surface area contributed by atoms with Gasteiger partial charge in [0.15, 0.2) is 0 Å². The molecule has 0 saturated heterocycles. The second kappa shape index (κ2) is 7.42. The van der Waals surface area contributed by atoms with Crippen molar-refractivity contribution >= 4 is 44.4 Å². The fourth-order valence-electron chi connectivity index (χ4n) is 2.75. The van der Waals surface area contributed by atoms with E-state index < -0.39 is 0 Å². The average molecular weight is 421 g/mol. The topological polar surface area (TPSA) is 48.4 Å². The molecule has 0 aliphatic rings. The van der Waals surface area contributed by atoms with Crippen molar-refractivity contribution in [3.05, 3.63) is 57.5 Å². The molecular formula is C19H15BrClNO3. The van der Waals surface area contributed by atoms with Crippen LogP contribution in [0.2, 0.25) is 5.02 Å². The quantitative estimate of drug-likeness (QED) is 0.555. The van der Waals surface area contributed by atoms with Crippen molar-refractivity contribution in [2.45, 2.75) is 6.42 Å². The van der Waals surface area contributed by atoms with Crippen molar-refractivity contribution in [2.75, 3.05) is 14.2 Å². The molecule has 0 bridgehead atoms. The van der Waals surface area contributed by atoms with Crippen molar-refractivity contribution in [3.8, 4) is 17.0 Å². The van der Waals surface area contributed by atoms with Crippen LogP contribution in [-0.4, -0.2) is 25.2 Å². The molecule has 3 rings (SSSR count). The zero-order valence-electron chi connectivity index (χ0n) is 13.7. The van der Waals surface area contributed by atoms with Crippen LogP contribution in [0, 0.1) is 0 Å². The number of hydrogen-bond donors (Lipinski definition) is 0. The lowest BCUT2D eigenvalue weighted by molar-refractivity contribution is -0.139. The van der Waals surface area contributed by atoms with Crippen molar-refractivity contribution in [3.63, 3.8) is 0 Å². The minimum absolute atomic E-state index is 0.0626. The van der Waals surface area contributed by atoms with Gasteiger partial charge in [0.25, 0.3) is 0 Å². The number of carbonyl (C=O) groups is 1. The molecule has 0 N–H and O–H groups in total. The summed E-state index contributed by atoms with van der Waals surface area (Å²) in [4.78, 5) is 16.5. The summed E-state index contributed by atoms with van der Waals surface area (Å²) in [5.74, 6) is 0.0508. The summed E-state index contributed by atoms with van der Waals surface area (Å²) in [6.07, 6.45) is 0.0626. The summed E-state index contributed by atoms with van der Waals surface area (Å²) in [6.45, 7) is 0. The number of methoxy groups -OCH3 is 2. The molecule has 0 spiro atoms. The molecule has 0 atom stereocenters. The zero-order valence-corrected chi connectivity index (χ0v) is 16.0. The summed E-state index contributed by atoms with van der Waals surface area (Å²) < 4.78 is 11.2. The number of esters is 1.